The summed E-state index contributed by atoms with van der Waals surface area (Å²) < 4.78 is 0. The third-order valence-electron chi connectivity index (χ3n) is 4.88. The Morgan fingerprint density at radius 2 is 1.93 bits per heavy atom. The first-order valence-electron chi connectivity index (χ1n) is 10.4. The molecule has 0 unspecified atom stereocenters. The number of rotatable bonds is 10. The third kappa shape index (κ3) is 5.70. The molecule has 2 heterocycles. The largest absolute Gasteiger partial charge is 0.382 e. The molecule has 156 valence electrons. The Morgan fingerprint density at radius 3 is 2.67 bits per heavy atom. The van der Waals surface area contributed by atoms with Gasteiger partial charge in [-0.15, -0.1) is 0 Å². The minimum Gasteiger partial charge on any atom is -0.382 e. The second-order valence-corrected chi connectivity index (χ2v) is 7.50. The Balaban J connectivity index is 1.72. The zero-order chi connectivity index (χ0) is 21.3. The highest BCUT2D eigenvalue weighted by molar-refractivity contribution is 6.01. The number of aryl methyl sites for hydroxylation is 1. The number of hydrogen-bond donors (Lipinski definition) is 2. The van der Waals surface area contributed by atoms with Crippen molar-refractivity contribution in [1.29, 1.82) is 0 Å². The van der Waals surface area contributed by atoms with Gasteiger partial charge in [-0.1, -0.05) is 45.0 Å². The number of ketones is 1. The van der Waals surface area contributed by atoms with Crippen LogP contribution in [-0.2, 0) is 13.0 Å². The van der Waals surface area contributed by atoms with E-state index in [9.17, 15) is 4.79 Å². The number of carbonyl (C=O) groups is 1. The van der Waals surface area contributed by atoms with Crippen molar-refractivity contribution in [2.75, 3.05) is 18.4 Å². The van der Waals surface area contributed by atoms with Crippen LogP contribution in [0.3, 0.4) is 0 Å². The predicted octanol–water partition coefficient (Wildman–Crippen LogP) is 4.14. The summed E-state index contributed by atoms with van der Waals surface area (Å²) in [7, 11) is 0. The van der Waals surface area contributed by atoms with Crippen molar-refractivity contribution in [3.05, 3.63) is 72.1 Å². The normalized spacial score (nSPS) is 10.9. The molecule has 3 aromatic rings. The van der Waals surface area contributed by atoms with Gasteiger partial charge < -0.3 is 10.6 Å². The van der Waals surface area contributed by atoms with Gasteiger partial charge in [0.05, 0.1) is 11.4 Å². The molecule has 0 aliphatic carbocycles. The molecule has 6 heteroatoms. The van der Waals surface area contributed by atoms with Crippen LogP contribution in [0.1, 0.15) is 42.5 Å². The van der Waals surface area contributed by atoms with Gasteiger partial charge in [0, 0.05) is 43.5 Å². The Morgan fingerprint density at radius 1 is 1.07 bits per heavy atom. The molecular formula is C24H29N5O. The highest BCUT2D eigenvalue weighted by atomic mass is 16.1. The monoisotopic (exact) mass is 403 g/mol. The fourth-order valence-electron chi connectivity index (χ4n) is 3.12. The van der Waals surface area contributed by atoms with E-state index in [-0.39, 0.29) is 11.7 Å². The number of hydrogen-bond acceptors (Lipinski definition) is 6. The quantitative estimate of drug-likeness (QED) is 0.391. The van der Waals surface area contributed by atoms with E-state index < -0.39 is 0 Å². The van der Waals surface area contributed by atoms with Crippen molar-refractivity contribution in [3.63, 3.8) is 0 Å². The molecule has 0 fully saturated rings. The fourth-order valence-corrected chi connectivity index (χ4v) is 3.12. The van der Waals surface area contributed by atoms with E-state index in [0.717, 1.165) is 35.5 Å². The first-order valence-corrected chi connectivity index (χ1v) is 10.4. The van der Waals surface area contributed by atoms with Crippen molar-refractivity contribution in [1.82, 2.24) is 20.3 Å². The van der Waals surface area contributed by atoms with E-state index in [4.69, 9.17) is 0 Å². The summed E-state index contributed by atoms with van der Waals surface area (Å²) in [5.74, 6) is -0.0662. The van der Waals surface area contributed by atoms with Gasteiger partial charge in [0.2, 0.25) is 0 Å². The van der Waals surface area contributed by atoms with Gasteiger partial charge in [-0.25, -0.2) is 9.97 Å². The van der Waals surface area contributed by atoms with Crippen molar-refractivity contribution in [2.24, 2.45) is 5.92 Å². The molecule has 0 atom stereocenters. The average Bonchev–Trinajstić information content (AvgIpc) is 2.79. The van der Waals surface area contributed by atoms with Crippen LogP contribution in [0, 0.1) is 5.92 Å². The van der Waals surface area contributed by atoms with Gasteiger partial charge in [-0.3, -0.25) is 9.78 Å². The summed E-state index contributed by atoms with van der Waals surface area (Å²) in [5, 5.41) is 6.74. The topological polar surface area (TPSA) is 79.8 Å². The number of Topliss-reactive ketones (excluding diaryl/α,β-unsaturated/α-hetero) is 1. The lowest BCUT2D eigenvalue weighted by Crippen LogP contribution is -2.23. The number of pyridine rings is 1. The lowest BCUT2D eigenvalue weighted by Gasteiger charge is -2.14. The van der Waals surface area contributed by atoms with Crippen LogP contribution in [-0.4, -0.2) is 33.8 Å². The molecule has 0 spiro atoms. The van der Waals surface area contributed by atoms with Crippen LogP contribution in [0.2, 0.25) is 0 Å². The maximum Gasteiger partial charge on any atom is 0.185 e. The van der Waals surface area contributed by atoms with Crippen LogP contribution < -0.4 is 10.6 Å². The van der Waals surface area contributed by atoms with Crippen molar-refractivity contribution in [3.8, 4) is 11.1 Å². The van der Waals surface area contributed by atoms with Gasteiger partial charge in [0.25, 0.3) is 0 Å². The second kappa shape index (κ2) is 10.6. The standard InChI is InChI=1S/C24H29N5O/c1-4-18-6-5-7-19(12-18)20-13-22(23(28-14-20)24(30)17(2)3)27-11-10-25-15-21-8-9-26-16-29-21/h5-9,12-14,16-17,25,27H,4,10-11,15H2,1-3H3. The molecule has 6 nitrogen and oxygen atoms in total. The van der Waals surface area contributed by atoms with E-state index in [0.29, 0.717) is 18.8 Å². The molecule has 0 saturated carbocycles. The minimum atomic E-state index is -0.108. The number of nitrogens with zero attached hydrogens (tertiary/aromatic N) is 3. The lowest BCUT2D eigenvalue weighted by molar-refractivity contribution is 0.0935. The number of benzene rings is 1. The number of carbonyl (C=O) groups excluding carboxylic acids is 1. The van der Waals surface area contributed by atoms with Crippen LogP contribution in [0.4, 0.5) is 5.69 Å². The maximum atomic E-state index is 12.7. The Bertz CT molecular complexity index is 972. The molecule has 0 aliphatic heterocycles. The SMILES string of the molecule is CCc1cccc(-c2cnc(C(=O)C(C)C)c(NCCNCc3ccncn3)c2)c1. The van der Waals surface area contributed by atoms with E-state index in [2.05, 4.69) is 56.8 Å². The van der Waals surface area contributed by atoms with Crippen molar-refractivity contribution < 1.29 is 4.79 Å². The van der Waals surface area contributed by atoms with Gasteiger partial charge in [-0.05, 0) is 29.7 Å². The summed E-state index contributed by atoms with van der Waals surface area (Å²) in [6.45, 7) is 8.01. The van der Waals surface area contributed by atoms with E-state index in [1.807, 2.05) is 26.0 Å². The molecule has 0 radical (unpaired) electrons. The zero-order valence-electron chi connectivity index (χ0n) is 17.9. The summed E-state index contributed by atoms with van der Waals surface area (Å²) in [5.41, 5.74) is 5.60. The molecule has 30 heavy (non-hydrogen) atoms. The Hall–Kier alpha value is -3.12. The van der Waals surface area contributed by atoms with Crippen LogP contribution in [0.15, 0.2) is 55.1 Å². The van der Waals surface area contributed by atoms with Gasteiger partial charge in [0.1, 0.15) is 12.0 Å². The highest BCUT2D eigenvalue weighted by Gasteiger charge is 2.17. The van der Waals surface area contributed by atoms with Crippen molar-refractivity contribution >= 4 is 11.5 Å². The molecule has 0 bridgehead atoms. The second-order valence-electron chi connectivity index (χ2n) is 7.50. The molecule has 0 aliphatic rings. The van der Waals surface area contributed by atoms with Gasteiger partial charge in [0.15, 0.2) is 5.78 Å². The molecule has 0 amide bonds. The van der Waals surface area contributed by atoms with Gasteiger partial charge in [-0.2, -0.15) is 0 Å². The molecular weight excluding hydrogens is 374 g/mol. The summed E-state index contributed by atoms with van der Waals surface area (Å²) in [6.07, 6.45) is 6.05. The first-order chi connectivity index (χ1) is 14.6. The van der Waals surface area contributed by atoms with E-state index in [1.54, 1.807) is 18.7 Å². The van der Waals surface area contributed by atoms with Gasteiger partial charge >= 0.3 is 0 Å². The van der Waals surface area contributed by atoms with E-state index in [1.165, 1.54) is 5.56 Å². The molecule has 0 saturated heterocycles. The highest BCUT2D eigenvalue weighted by Crippen LogP contribution is 2.26. The average molecular weight is 404 g/mol. The van der Waals surface area contributed by atoms with Crippen LogP contribution in [0.5, 0.6) is 0 Å². The Labute approximate surface area is 178 Å². The molecule has 3 rings (SSSR count). The fraction of sp³-hybridized carbons (Fsp3) is 0.333. The van der Waals surface area contributed by atoms with Crippen molar-refractivity contribution in [2.45, 2.75) is 33.7 Å². The number of aromatic nitrogens is 3. The van der Waals surface area contributed by atoms with Crippen LogP contribution >= 0.6 is 0 Å². The summed E-state index contributed by atoms with van der Waals surface area (Å²) in [4.78, 5) is 25.3. The number of anilines is 1. The van der Waals surface area contributed by atoms with Crippen LogP contribution in [0.25, 0.3) is 11.1 Å². The minimum absolute atomic E-state index is 0.0419. The third-order valence-corrected chi connectivity index (χ3v) is 4.88. The predicted molar refractivity (Wildman–Crippen MR) is 120 cm³/mol. The van der Waals surface area contributed by atoms with E-state index >= 15 is 0 Å². The molecule has 2 N–H and O–H groups in total. The Kier molecular flexibility index (Phi) is 7.63. The zero-order valence-corrected chi connectivity index (χ0v) is 17.9. The summed E-state index contributed by atoms with van der Waals surface area (Å²) in [6, 6.07) is 12.3. The first kappa shape index (κ1) is 21.6. The smallest absolute Gasteiger partial charge is 0.185 e. The molecule has 1 aromatic carbocycles. The number of nitrogens with one attached hydrogen (secondary N) is 2. The maximum absolute atomic E-state index is 12.7. The summed E-state index contributed by atoms with van der Waals surface area (Å²) >= 11 is 0. The molecule has 2 aromatic heterocycles. The lowest BCUT2D eigenvalue weighted by atomic mass is 10.00.